The summed E-state index contributed by atoms with van der Waals surface area (Å²) in [4.78, 5) is 15.4. The number of nitrogens with zero attached hydrogens (tertiary/aromatic N) is 3. The van der Waals surface area contributed by atoms with Crippen molar-refractivity contribution in [3.63, 3.8) is 0 Å². The van der Waals surface area contributed by atoms with E-state index in [1.165, 1.54) is 11.3 Å². The summed E-state index contributed by atoms with van der Waals surface area (Å²) in [5.41, 5.74) is 3.09. The second-order valence-corrected chi connectivity index (χ2v) is 8.16. The second-order valence-electron chi connectivity index (χ2n) is 6.36. The minimum atomic E-state index is 0.102. The highest BCUT2D eigenvalue weighted by atomic mass is 35.5. The molecule has 0 aromatic carbocycles. The average molecular weight is 354 g/mol. The Kier molecular flexibility index (Phi) is 5.87. The molecule has 0 saturated carbocycles. The predicted molar refractivity (Wildman–Crippen MR) is 96.0 cm³/mol. The summed E-state index contributed by atoms with van der Waals surface area (Å²) in [6.45, 7) is 9.83. The van der Waals surface area contributed by atoms with Gasteiger partial charge >= 0.3 is 0 Å². The maximum absolute atomic E-state index is 12.5. The largest absolute Gasteiger partial charge is 0.340 e. The molecule has 4 nitrogen and oxygen atoms in total. The first-order chi connectivity index (χ1) is 10.8. The summed E-state index contributed by atoms with van der Waals surface area (Å²) in [6.07, 6.45) is 0.394. The van der Waals surface area contributed by atoms with E-state index in [-0.39, 0.29) is 5.91 Å². The number of aromatic nitrogens is 2. The lowest BCUT2D eigenvalue weighted by molar-refractivity contribution is -0.129. The van der Waals surface area contributed by atoms with Crippen molar-refractivity contribution in [2.75, 3.05) is 7.05 Å². The van der Waals surface area contributed by atoms with Crippen molar-refractivity contribution < 1.29 is 4.79 Å². The summed E-state index contributed by atoms with van der Waals surface area (Å²) in [7, 11) is 1.83. The lowest BCUT2D eigenvalue weighted by Crippen LogP contribution is -2.27. The molecule has 6 heteroatoms. The van der Waals surface area contributed by atoms with E-state index in [2.05, 4.69) is 18.9 Å². The molecule has 0 fully saturated rings. The van der Waals surface area contributed by atoms with Crippen LogP contribution in [0.1, 0.15) is 35.7 Å². The molecule has 2 rings (SSSR count). The molecule has 126 valence electrons. The number of likely N-dealkylation sites (N-methyl/N-ethyl adjacent to an activating group) is 1. The first-order valence-electron chi connectivity index (χ1n) is 7.79. The number of amides is 1. The molecule has 0 unspecified atom stereocenters. The molecule has 2 heterocycles. The normalized spacial score (nSPS) is 11.3. The monoisotopic (exact) mass is 353 g/mol. The van der Waals surface area contributed by atoms with E-state index >= 15 is 0 Å². The van der Waals surface area contributed by atoms with Crippen LogP contribution in [-0.4, -0.2) is 27.6 Å². The first-order valence-corrected chi connectivity index (χ1v) is 8.98. The zero-order chi connectivity index (χ0) is 17.1. The molecule has 0 bridgehead atoms. The van der Waals surface area contributed by atoms with Gasteiger partial charge in [0.2, 0.25) is 5.91 Å². The molecule has 0 saturated heterocycles. The Balaban J connectivity index is 2.06. The fourth-order valence-electron chi connectivity index (χ4n) is 2.56. The highest BCUT2D eigenvalue weighted by Gasteiger charge is 2.18. The van der Waals surface area contributed by atoms with E-state index in [1.54, 1.807) is 4.90 Å². The summed E-state index contributed by atoms with van der Waals surface area (Å²) >= 11 is 7.46. The number of thiophene rings is 1. The topological polar surface area (TPSA) is 38.1 Å². The van der Waals surface area contributed by atoms with Crippen LogP contribution in [0.5, 0.6) is 0 Å². The molecule has 0 aliphatic rings. The van der Waals surface area contributed by atoms with Crippen LogP contribution in [0.15, 0.2) is 12.1 Å². The Labute approximate surface area is 147 Å². The van der Waals surface area contributed by atoms with Gasteiger partial charge in [0.1, 0.15) is 0 Å². The highest BCUT2D eigenvalue weighted by Crippen LogP contribution is 2.23. The van der Waals surface area contributed by atoms with Gasteiger partial charge in [0.25, 0.3) is 0 Å². The van der Waals surface area contributed by atoms with Crippen molar-refractivity contribution in [3.05, 3.63) is 38.3 Å². The molecular weight excluding hydrogens is 330 g/mol. The lowest BCUT2D eigenvalue weighted by atomic mass is 10.1. The van der Waals surface area contributed by atoms with E-state index in [0.29, 0.717) is 18.9 Å². The molecule has 0 radical (unpaired) electrons. The zero-order valence-electron chi connectivity index (χ0n) is 14.4. The number of hydrogen-bond acceptors (Lipinski definition) is 3. The molecular formula is C17H24ClN3OS. The Morgan fingerprint density at radius 3 is 2.65 bits per heavy atom. The van der Waals surface area contributed by atoms with Gasteiger partial charge in [0, 0.05) is 29.7 Å². The van der Waals surface area contributed by atoms with Crippen LogP contribution in [0.2, 0.25) is 4.34 Å². The van der Waals surface area contributed by atoms with E-state index in [1.807, 2.05) is 37.7 Å². The summed E-state index contributed by atoms with van der Waals surface area (Å²) < 4.78 is 2.77. The van der Waals surface area contributed by atoms with Gasteiger partial charge in [-0.15, -0.1) is 11.3 Å². The van der Waals surface area contributed by atoms with Gasteiger partial charge in [-0.1, -0.05) is 25.4 Å². The van der Waals surface area contributed by atoms with E-state index < -0.39 is 0 Å². The zero-order valence-corrected chi connectivity index (χ0v) is 16.0. The summed E-state index contributed by atoms with van der Waals surface area (Å²) in [5.74, 6) is 0.632. The second kappa shape index (κ2) is 7.49. The molecule has 23 heavy (non-hydrogen) atoms. The van der Waals surface area contributed by atoms with Gasteiger partial charge in [0.05, 0.1) is 23.0 Å². The number of rotatable bonds is 6. The van der Waals surface area contributed by atoms with Gasteiger partial charge in [-0.2, -0.15) is 5.10 Å². The Morgan fingerprint density at radius 2 is 2.09 bits per heavy atom. The van der Waals surface area contributed by atoms with E-state index in [9.17, 15) is 4.79 Å². The maximum atomic E-state index is 12.5. The summed E-state index contributed by atoms with van der Waals surface area (Å²) in [5, 5.41) is 4.58. The molecule has 0 spiro atoms. The summed E-state index contributed by atoms with van der Waals surface area (Å²) in [6, 6.07) is 3.83. The number of aryl methyl sites for hydroxylation is 1. The van der Waals surface area contributed by atoms with Crippen LogP contribution >= 0.6 is 22.9 Å². The SMILES string of the molecule is Cc1nn(CC(C)C)c(C)c1CC(=O)N(C)Cc1ccc(Cl)s1. The van der Waals surface area contributed by atoms with Gasteiger partial charge in [-0.05, 0) is 31.9 Å². The molecule has 0 aliphatic carbocycles. The van der Waals surface area contributed by atoms with Crippen molar-refractivity contribution >= 4 is 28.8 Å². The van der Waals surface area contributed by atoms with Crippen molar-refractivity contribution in [2.24, 2.45) is 5.92 Å². The fraction of sp³-hybridized carbons (Fsp3) is 0.529. The third kappa shape index (κ3) is 4.58. The lowest BCUT2D eigenvalue weighted by Gasteiger charge is -2.16. The highest BCUT2D eigenvalue weighted by molar-refractivity contribution is 7.16. The van der Waals surface area contributed by atoms with Crippen LogP contribution in [0, 0.1) is 19.8 Å². The number of carbonyl (C=O) groups is 1. The Morgan fingerprint density at radius 1 is 1.39 bits per heavy atom. The number of hydrogen-bond donors (Lipinski definition) is 0. The maximum Gasteiger partial charge on any atom is 0.227 e. The van der Waals surface area contributed by atoms with Gasteiger partial charge in [-0.3, -0.25) is 9.48 Å². The molecule has 1 amide bonds. The standard InChI is InChI=1S/C17H24ClN3OS/c1-11(2)9-21-13(4)15(12(3)19-21)8-17(22)20(5)10-14-6-7-16(18)23-14/h6-7,11H,8-10H2,1-5H3. The average Bonchev–Trinajstić information content (AvgIpc) is 2.97. The molecule has 2 aromatic rings. The number of carbonyl (C=O) groups excluding carboxylic acids is 1. The quantitative estimate of drug-likeness (QED) is 0.785. The third-order valence-electron chi connectivity index (χ3n) is 3.85. The molecule has 0 aliphatic heterocycles. The Bertz CT molecular complexity index is 690. The van der Waals surface area contributed by atoms with E-state index in [0.717, 1.165) is 32.7 Å². The van der Waals surface area contributed by atoms with Crippen LogP contribution in [0.3, 0.4) is 0 Å². The Hall–Kier alpha value is -1.33. The minimum Gasteiger partial charge on any atom is -0.340 e. The van der Waals surface area contributed by atoms with Crippen LogP contribution in [0.25, 0.3) is 0 Å². The molecule has 2 aromatic heterocycles. The van der Waals surface area contributed by atoms with Crippen molar-refractivity contribution in [3.8, 4) is 0 Å². The van der Waals surface area contributed by atoms with Crippen LogP contribution in [-0.2, 0) is 24.3 Å². The van der Waals surface area contributed by atoms with Gasteiger partial charge in [0.15, 0.2) is 0 Å². The van der Waals surface area contributed by atoms with E-state index in [4.69, 9.17) is 11.6 Å². The van der Waals surface area contributed by atoms with Crippen molar-refractivity contribution in [1.29, 1.82) is 0 Å². The van der Waals surface area contributed by atoms with Crippen molar-refractivity contribution in [1.82, 2.24) is 14.7 Å². The smallest absolute Gasteiger partial charge is 0.227 e. The molecule has 0 N–H and O–H groups in total. The van der Waals surface area contributed by atoms with Crippen LogP contribution in [0.4, 0.5) is 0 Å². The minimum absolute atomic E-state index is 0.102. The molecule has 0 atom stereocenters. The van der Waals surface area contributed by atoms with Gasteiger partial charge < -0.3 is 4.90 Å². The number of halogens is 1. The third-order valence-corrected chi connectivity index (χ3v) is 5.06. The fourth-order valence-corrected chi connectivity index (χ4v) is 3.70. The first kappa shape index (κ1) is 18.0. The van der Waals surface area contributed by atoms with Crippen LogP contribution < -0.4 is 0 Å². The van der Waals surface area contributed by atoms with Crippen molar-refractivity contribution in [2.45, 2.75) is 47.2 Å². The van der Waals surface area contributed by atoms with Gasteiger partial charge in [-0.25, -0.2) is 0 Å². The predicted octanol–water partition coefficient (Wildman–Crippen LogP) is 4.07.